The molecule has 1 aromatic carbocycles. The number of carbonyl (C=O) groups is 1. The minimum atomic E-state index is -0.195. The Bertz CT molecular complexity index is 882. The van der Waals surface area contributed by atoms with E-state index in [2.05, 4.69) is 20.4 Å². The Labute approximate surface area is 143 Å². The third-order valence-electron chi connectivity index (χ3n) is 3.54. The van der Waals surface area contributed by atoms with Crippen LogP contribution < -0.4 is 5.32 Å². The van der Waals surface area contributed by atoms with Gasteiger partial charge in [0.05, 0.1) is 22.5 Å². The normalized spacial score (nSPS) is 11.0. The number of rotatable bonds is 4. The van der Waals surface area contributed by atoms with Crippen molar-refractivity contribution in [3.05, 3.63) is 45.7 Å². The molecule has 1 amide bonds. The van der Waals surface area contributed by atoms with E-state index >= 15 is 0 Å². The molecule has 0 unspecified atom stereocenters. The zero-order valence-corrected chi connectivity index (χ0v) is 14.8. The summed E-state index contributed by atoms with van der Waals surface area (Å²) in [5.41, 5.74) is 2.31. The lowest BCUT2D eigenvalue weighted by atomic mass is 10.1. The summed E-state index contributed by atoms with van der Waals surface area (Å²) in [7, 11) is 0. The van der Waals surface area contributed by atoms with Crippen molar-refractivity contribution < 1.29 is 9.32 Å². The van der Waals surface area contributed by atoms with Gasteiger partial charge in [0.15, 0.2) is 5.82 Å². The van der Waals surface area contributed by atoms with Gasteiger partial charge in [-0.1, -0.05) is 31.1 Å². The molecule has 2 heterocycles. The number of aryl methyl sites for hydroxylation is 2. The van der Waals surface area contributed by atoms with E-state index in [1.807, 2.05) is 45.9 Å². The first-order chi connectivity index (χ1) is 11.5. The van der Waals surface area contributed by atoms with Crippen LogP contribution in [0.2, 0.25) is 0 Å². The molecule has 0 atom stereocenters. The summed E-state index contributed by atoms with van der Waals surface area (Å²) in [5, 5.41) is 7.80. The van der Waals surface area contributed by atoms with Crippen LogP contribution in [0.4, 0.5) is 5.69 Å². The highest BCUT2D eigenvalue weighted by Gasteiger charge is 2.19. The van der Waals surface area contributed by atoms with Crippen molar-refractivity contribution in [3.8, 4) is 11.5 Å². The van der Waals surface area contributed by atoms with E-state index in [0.29, 0.717) is 27.8 Å². The summed E-state index contributed by atoms with van der Waals surface area (Å²) in [5.74, 6) is 1.02. The highest BCUT2D eigenvalue weighted by Crippen LogP contribution is 2.31. The van der Waals surface area contributed by atoms with Crippen LogP contribution in [0.15, 0.2) is 28.9 Å². The number of benzene rings is 1. The van der Waals surface area contributed by atoms with Gasteiger partial charge in [-0.25, -0.2) is 4.98 Å². The smallest absolute Gasteiger partial charge is 0.267 e. The number of aromatic nitrogens is 3. The minimum Gasteiger partial charge on any atom is -0.334 e. The monoisotopic (exact) mass is 342 g/mol. The second-order valence-corrected chi connectivity index (χ2v) is 7.04. The van der Waals surface area contributed by atoms with E-state index in [-0.39, 0.29) is 11.8 Å². The van der Waals surface area contributed by atoms with Crippen LogP contribution in [0.5, 0.6) is 0 Å². The Morgan fingerprint density at radius 2 is 2.08 bits per heavy atom. The molecule has 3 aromatic rings. The highest BCUT2D eigenvalue weighted by atomic mass is 32.1. The molecule has 7 heteroatoms. The molecule has 1 N–H and O–H groups in total. The maximum Gasteiger partial charge on any atom is 0.267 e. The van der Waals surface area contributed by atoms with Crippen LogP contribution in [-0.2, 0) is 0 Å². The van der Waals surface area contributed by atoms with Gasteiger partial charge in [-0.05, 0) is 25.5 Å². The molecular formula is C17H18N4O2S. The number of thiazole rings is 1. The summed E-state index contributed by atoms with van der Waals surface area (Å²) in [6, 6.07) is 5.69. The Balaban J connectivity index is 1.96. The molecule has 0 spiro atoms. The number of amides is 1. The number of anilines is 1. The fourth-order valence-electron chi connectivity index (χ4n) is 2.23. The van der Waals surface area contributed by atoms with Crippen molar-refractivity contribution in [3.63, 3.8) is 0 Å². The average Bonchev–Trinajstić information content (AvgIpc) is 3.18. The molecule has 0 radical (unpaired) electrons. The van der Waals surface area contributed by atoms with Gasteiger partial charge in [-0.15, -0.1) is 11.3 Å². The largest absolute Gasteiger partial charge is 0.334 e. The second kappa shape index (κ2) is 6.52. The van der Waals surface area contributed by atoms with Crippen LogP contribution in [0.25, 0.3) is 11.5 Å². The first-order valence-corrected chi connectivity index (χ1v) is 8.44. The van der Waals surface area contributed by atoms with Gasteiger partial charge in [-0.3, -0.25) is 4.79 Å². The van der Waals surface area contributed by atoms with E-state index < -0.39 is 0 Å². The molecule has 6 nitrogen and oxygen atoms in total. The second-order valence-electron chi connectivity index (χ2n) is 5.81. The van der Waals surface area contributed by atoms with Gasteiger partial charge in [0, 0.05) is 5.92 Å². The lowest BCUT2D eigenvalue weighted by Gasteiger charge is -2.10. The quantitative estimate of drug-likeness (QED) is 0.769. The van der Waals surface area contributed by atoms with Gasteiger partial charge in [-0.2, -0.15) is 4.98 Å². The summed E-state index contributed by atoms with van der Waals surface area (Å²) >= 11 is 1.36. The molecule has 0 aliphatic rings. The number of para-hydroxylation sites is 1. The number of hydrogen-bond acceptors (Lipinski definition) is 6. The molecule has 0 fully saturated rings. The Morgan fingerprint density at radius 1 is 1.29 bits per heavy atom. The summed E-state index contributed by atoms with van der Waals surface area (Å²) in [6.07, 6.45) is 1.58. The van der Waals surface area contributed by atoms with Crippen LogP contribution in [-0.4, -0.2) is 21.0 Å². The number of nitrogens with zero attached hydrogens (tertiary/aromatic N) is 3. The predicted octanol–water partition coefficient (Wildman–Crippen LogP) is 4.19. The zero-order chi connectivity index (χ0) is 17.3. The van der Waals surface area contributed by atoms with Crippen LogP contribution in [0.3, 0.4) is 0 Å². The SMILES string of the molecule is Cc1ncc(C(=O)Nc2c(C)cccc2-c2nc(C(C)C)no2)s1. The predicted molar refractivity (Wildman–Crippen MR) is 93.4 cm³/mol. The molecule has 0 aliphatic heterocycles. The minimum absolute atomic E-state index is 0.172. The van der Waals surface area contributed by atoms with Crippen LogP contribution in [0.1, 0.15) is 45.8 Å². The van der Waals surface area contributed by atoms with E-state index in [9.17, 15) is 4.79 Å². The summed E-state index contributed by atoms with van der Waals surface area (Å²) in [4.78, 5) is 21.6. The first-order valence-electron chi connectivity index (χ1n) is 7.63. The molecule has 0 aliphatic carbocycles. The van der Waals surface area contributed by atoms with Crippen LogP contribution in [0, 0.1) is 13.8 Å². The van der Waals surface area contributed by atoms with Gasteiger partial charge < -0.3 is 9.84 Å². The fraction of sp³-hybridized carbons (Fsp3) is 0.294. The van der Waals surface area contributed by atoms with Gasteiger partial charge in [0.25, 0.3) is 11.8 Å². The number of carbonyl (C=O) groups excluding carboxylic acids is 1. The molecule has 2 aromatic heterocycles. The summed E-state index contributed by atoms with van der Waals surface area (Å²) in [6.45, 7) is 7.79. The van der Waals surface area contributed by atoms with E-state index in [1.54, 1.807) is 6.20 Å². The number of nitrogens with one attached hydrogen (secondary N) is 1. The van der Waals surface area contributed by atoms with E-state index in [1.165, 1.54) is 11.3 Å². The molecule has 0 saturated heterocycles. The van der Waals surface area contributed by atoms with Gasteiger partial charge in [0.2, 0.25) is 0 Å². The van der Waals surface area contributed by atoms with Crippen molar-refractivity contribution in [2.24, 2.45) is 0 Å². The maximum absolute atomic E-state index is 12.5. The Morgan fingerprint density at radius 3 is 2.71 bits per heavy atom. The summed E-state index contributed by atoms with van der Waals surface area (Å²) < 4.78 is 5.38. The topological polar surface area (TPSA) is 80.9 Å². The Hall–Kier alpha value is -2.54. The lowest BCUT2D eigenvalue weighted by molar-refractivity contribution is 0.103. The number of hydrogen-bond donors (Lipinski definition) is 1. The Kier molecular flexibility index (Phi) is 4.44. The van der Waals surface area contributed by atoms with Crippen molar-refractivity contribution >= 4 is 22.9 Å². The van der Waals surface area contributed by atoms with E-state index in [4.69, 9.17) is 4.52 Å². The van der Waals surface area contributed by atoms with Crippen molar-refractivity contribution in [1.82, 2.24) is 15.1 Å². The fourth-order valence-corrected chi connectivity index (χ4v) is 2.90. The van der Waals surface area contributed by atoms with Gasteiger partial charge >= 0.3 is 0 Å². The lowest BCUT2D eigenvalue weighted by Crippen LogP contribution is -2.12. The molecular weight excluding hydrogens is 324 g/mol. The first kappa shape index (κ1) is 16.3. The zero-order valence-electron chi connectivity index (χ0n) is 14.0. The third-order valence-corrected chi connectivity index (χ3v) is 4.46. The average molecular weight is 342 g/mol. The van der Waals surface area contributed by atoms with Crippen molar-refractivity contribution in [1.29, 1.82) is 0 Å². The molecule has 24 heavy (non-hydrogen) atoms. The van der Waals surface area contributed by atoms with Gasteiger partial charge in [0.1, 0.15) is 4.88 Å². The highest BCUT2D eigenvalue weighted by molar-refractivity contribution is 7.13. The third kappa shape index (κ3) is 3.21. The molecule has 124 valence electrons. The van der Waals surface area contributed by atoms with E-state index in [0.717, 1.165) is 10.6 Å². The molecule has 0 saturated carbocycles. The molecule has 0 bridgehead atoms. The van der Waals surface area contributed by atoms with Crippen molar-refractivity contribution in [2.45, 2.75) is 33.6 Å². The van der Waals surface area contributed by atoms with Crippen molar-refractivity contribution in [2.75, 3.05) is 5.32 Å². The van der Waals surface area contributed by atoms with Crippen LogP contribution >= 0.6 is 11.3 Å². The standard InChI is InChI=1S/C17H18N4O2S/c1-9(2)15-20-17(23-21-15)12-7-5-6-10(3)14(12)19-16(22)13-8-18-11(4)24-13/h5-9H,1-4H3,(H,19,22). The molecule has 3 rings (SSSR count). The maximum atomic E-state index is 12.5.